The van der Waals surface area contributed by atoms with Crippen molar-refractivity contribution >= 4 is 8.15 Å². The number of allylic oxidation sites excluding steroid dienone is 1. The van der Waals surface area contributed by atoms with Gasteiger partial charge in [0.25, 0.3) is 0 Å². The van der Waals surface area contributed by atoms with E-state index in [1.807, 2.05) is 0 Å². The first-order valence-electron chi connectivity index (χ1n) is 4.54. The van der Waals surface area contributed by atoms with Crippen LogP contribution in [-0.4, -0.2) is 12.3 Å². The van der Waals surface area contributed by atoms with Crippen molar-refractivity contribution in [2.75, 3.05) is 12.3 Å². The van der Waals surface area contributed by atoms with Crippen molar-refractivity contribution in [2.24, 2.45) is 5.41 Å². The van der Waals surface area contributed by atoms with E-state index in [0.717, 1.165) is 18.1 Å². The summed E-state index contributed by atoms with van der Waals surface area (Å²) in [5, 5.41) is 0. The van der Waals surface area contributed by atoms with E-state index in [0.29, 0.717) is 0 Å². The first-order valence-corrected chi connectivity index (χ1v) is 6.17. The summed E-state index contributed by atoms with van der Waals surface area (Å²) in [6.45, 7) is 14.7. The molecule has 0 amide bonds. The molecule has 0 saturated heterocycles. The predicted molar refractivity (Wildman–Crippen MR) is 57.7 cm³/mol. The molecule has 0 atom stereocenters. The Morgan fingerprint density at radius 3 is 1.92 bits per heavy atom. The van der Waals surface area contributed by atoms with Crippen LogP contribution in [0.1, 0.15) is 34.6 Å². The van der Waals surface area contributed by atoms with Crippen molar-refractivity contribution in [3.05, 3.63) is 12.3 Å². The van der Waals surface area contributed by atoms with Gasteiger partial charge in [-0.05, 0) is 0 Å². The summed E-state index contributed by atoms with van der Waals surface area (Å²) in [6, 6.07) is 0. The Balaban J connectivity index is 3.99. The lowest BCUT2D eigenvalue weighted by molar-refractivity contribution is 0.317. The van der Waals surface area contributed by atoms with Gasteiger partial charge in [-0.2, -0.15) is 0 Å². The third-order valence-electron chi connectivity index (χ3n) is 1.78. The maximum absolute atomic E-state index is 5.78. The molecule has 0 aliphatic rings. The first-order chi connectivity index (χ1) is 5.41. The molecular weight excluding hydrogens is 167 g/mol. The average Bonchev–Trinajstić information content (AvgIpc) is 1.97. The maximum atomic E-state index is 5.78. The largest absolute Gasteiger partial charge is 0.478 e. The third-order valence-corrected chi connectivity index (χ3v) is 3.67. The van der Waals surface area contributed by atoms with Crippen LogP contribution in [0.15, 0.2) is 12.3 Å². The molecule has 72 valence electrons. The Morgan fingerprint density at radius 2 is 1.67 bits per heavy atom. The van der Waals surface area contributed by atoms with Gasteiger partial charge in [-0.3, -0.25) is 0 Å². The number of hydrogen-bond donors (Lipinski definition) is 0. The van der Waals surface area contributed by atoms with E-state index in [4.69, 9.17) is 4.52 Å². The lowest BCUT2D eigenvalue weighted by atomic mass is 9.95. The van der Waals surface area contributed by atoms with Crippen LogP contribution in [0.2, 0.25) is 0 Å². The Kier molecular flexibility index (Phi) is 4.85. The second kappa shape index (κ2) is 4.87. The van der Waals surface area contributed by atoms with Crippen LogP contribution in [-0.2, 0) is 4.52 Å². The zero-order valence-electron chi connectivity index (χ0n) is 8.98. The van der Waals surface area contributed by atoms with Gasteiger partial charge < -0.3 is 4.52 Å². The van der Waals surface area contributed by atoms with E-state index in [2.05, 4.69) is 41.2 Å². The van der Waals surface area contributed by atoms with Crippen LogP contribution in [0, 0.1) is 5.41 Å². The van der Waals surface area contributed by atoms with Crippen molar-refractivity contribution < 1.29 is 4.52 Å². The van der Waals surface area contributed by atoms with E-state index < -0.39 is 0 Å². The summed E-state index contributed by atoms with van der Waals surface area (Å²) in [5.41, 5.74) is 0.0882. The molecule has 0 aromatic heterocycles. The second-order valence-electron chi connectivity index (χ2n) is 3.88. The molecule has 0 rings (SSSR count). The summed E-state index contributed by atoms with van der Waals surface area (Å²) in [7, 11) is -0.259. The molecular formula is C10H21OP. The minimum atomic E-state index is -0.259. The maximum Gasteiger partial charge on any atom is 0.0981 e. The number of rotatable bonds is 4. The Hall–Kier alpha value is -0.0300. The number of hydrogen-bond acceptors (Lipinski definition) is 1. The molecule has 1 nitrogen and oxygen atoms in total. The van der Waals surface area contributed by atoms with Crippen LogP contribution in [0.5, 0.6) is 0 Å². The molecule has 0 aliphatic carbocycles. The first kappa shape index (κ1) is 12.0. The van der Waals surface area contributed by atoms with Gasteiger partial charge in [0, 0.05) is 17.7 Å². The minimum absolute atomic E-state index is 0.0882. The summed E-state index contributed by atoms with van der Waals surface area (Å²) in [4.78, 5) is 0. The highest BCUT2D eigenvalue weighted by atomic mass is 31.1. The van der Waals surface area contributed by atoms with Gasteiger partial charge in [-0.1, -0.05) is 41.2 Å². The molecule has 0 aromatic carbocycles. The van der Waals surface area contributed by atoms with Gasteiger partial charge in [0.2, 0.25) is 0 Å². The van der Waals surface area contributed by atoms with Crippen molar-refractivity contribution in [3.8, 4) is 0 Å². The summed E-state index contributed by atoms with van der Waals surface area (Å²) in [5.74, 6) is 0.928. The Morgan fingerprint density at radius 1 is 1.25 bits per heavy atom. The highest BCUT2D eigenvalue weighted by Gasteiger charge is 2.18. The van der Waals surface area contributed by atoms with E-state index in [1.54, 1.807) is 0 Å². The van der Waals surface area contributed by atoms with Crippen LogP contribution in [0.25, 0.3) is 0 Å². The fraction of sp³-hybridized carbons (Fsp3) is 0.800. The fourth-order valence-electron chi connectivity index (χ4n) is 0.645. The monoisotopic (exact) mass is 188 g/mol. The molecule has 12 heavy (non-hydrogen) atoms. The summed E-state index contributed by atoms with van der Waals surface area (Å²) < 4.78 is 5.78. The Bertz CT molecular complexity index is 142. The molecule has 0 fully saturated rings. The van der Waals surface area contributed by atoms with Gasteiger partial charge in [0.05, 0.1) is 13.9 Å². The van der Waals surface area contributed by atoms with E-state index >= 15 is 0 Å². The van der Waals surface area contributed by atoms with Gasteiger partial charge in [-0.15, -0.1) is 0 Å². The van der Waals surface area contributed by atoms with Gasteiger partial charge in [0.1, 0.15) is 0 Å². The molecule has 0 unspecified atom stereocenters. The van der Waals surface area contributed by atoms with Crippen molar-refractivity contribution in [1.29, 1.82) is 0 Å². The highest BCUT2D eigenvalue weighted by Crippen LogP contribution is 2.42. The van der Waals surface area contributed by atoms with Gasteiger partial charge >= 0.3 is 0 Å². The summed E-state index contributed by atoms with van der Waals surface area (Å²) in [6.07, 6.45) is 2.25. The lowest BCUT2D eigenvalue weighted by Gasteiger charge is -2.26. The summed E-state index contributed by atoms with van der Waals surface area (Å²) >= 11 is 0. The molecule has 0 aliphatic heterocycles. The van der Waals surface area contributed by atoms with Gasteiger partial charge in [-0.25, -0.2) is 0 Å². The van der Waals surface area contributed by atoms with Crippen molar-refractivity contribution in [3.63, 3.8) is 0 Å². The predicted octanol–water partition coefficient (Wildman–Crippen LogP) is 4.00. The van der Waals surface area contributed by atoms with Crippen LogP contribution in [0.4, 0.5) is 0 Å². The Labute approximate surface area is 78.0 Å². The zero-order chi connectivity index (χ0) is 9.78. The molecule has 0 heterocycles. The molecule has 0 bridgehead atoms. The van der Waals surface area contributed by atoms with E-state index in [-0.39, 0.29) is 13.6 Å². The molecule has 0 radical (unpaired) electrons. The molecule has 0 saturated carbocycles. The van der Waals surface area contributed by atoms with Crippen LogP contribution in [0.3, 0.4) is 0 Å². The van der Waals surface area contributed by atoms with E-state index in [1.165, 1.54) is 0 Å². The smallest absolute Gasteiger partial charge is 0.0981 e. The molecule has 0 spiro atoms. The minimum Gasteiger partial charge on any atom is -0.478 e. The van der Waals surface area contributed by atoms with E-state index in [9.17, 15) is 0 Å². The molecule has 0 aromatic rings. The van der Waals surface area contributed by atoms with Crippen LogP contribution >= 0.6 is 8.15 Å². The van der Waals surface area contributed by atoms with Crippen molar-refractivity contribution in [1.82, 2.24) is 0 Å². The lowest BCUT2D eigenvalue weighted by Crippen LogP contribution is -2.10. The average molecular weight is 188 g/mol. The zero-order valence-corrected chi connectivity index (χ0v) is 9.87. The standard InChI is InChI=1S/C10H21OP/c1-7-12(8-2)11-9(3)10(4,5)6/h3,7-8H2,1-2,4-6H3. The SMILES string of the molecule is C=C(OP(CC)CC)C(C)(C)C. The van der Waals surface area contributed by atoms with Gasteiger partial charge in [0.15, 0.2) is 0 Å². The normalized spacial score (nSPS) is 11.8. The highest BCUT2D eigenvalue weighted by molar-refractivity contribution is 7.52. The molecule has 0 N–H and O–H groups in total. The third kappa shape index (κ3) is 4.11. The quantitative estimate of drug-likeness (QED) is 0.478. The second-order valence-corrected chi connectivity index (χ2v) is 6.29. The topological polar surface area (TPSA) is 9.23 Å². The molecule has 2 heteroatoms. The van der Waals surface area contributed by atoms with Crippen molar-refractivity contribution in [2.45, 2.75) is 34.6 Å². The fourth-order valence-corrected chi connectivity index (χ4v) is 1.94. The van der Waals surface area contributed by atoms with Crippen LogP contribution < -0.4 is 0 Å².